The lowest BCUT2D eigenvalue weighted by molar-refractivity contribution is -0.118. The second kappa shape index (κ2) is 5.70. The van der Waals surface area contributed by atoms with Crippen LogP contribution in [0.2, 0.25) is 0 Å². The van der Waals surface area contributed by atoms with Crippen LogP contribution in [0.4, 0.5) is 0 Å². The minimum atomic E-state index is 0.0637. The van der Waals surface area contributed by atoms with Gasteiger partial charge >= 0.3 is 0 Å². The quantitative estimate of drug-likeness (QED) is 0.743. The van der Waals surface area contributed by atoms with Crippen LogP contribution in [0.15, 0.2) is 12.2 Å². The Morgan fingerprint density at radius 2 is 1.47 bits per heavy atom. The van der Waals surface area contributed by atoms with Crippen molar-refractivity contribution in [2.75, 3.05) is 0 Å². The highest BCUT2D eigenvalue weighted by Gasteiger charge is 2.34. The second-order valence-corrected chi connectivity index (χ2v) is 5.87. The Morgan fingerprint density at radius 1 is 1.06 bits per heavy atom. The van der Waals surface area contributed by atoms with Gasteiger partial charge in [-0.3, -0.25) is 4.79 Å². The van der Waals surface area contributed by atoms with E-state index in [0.717, 1.165) is 11.8 Å². The number of amides is 1. The van der Waals surface area contributed by atoms with Gasteiger partial charge in [0.05, 0.1) is 0 Å². The predicted octanol–water partition coefficient (Wildman–Crippen LogP) is 3.43. The van der Waals surface area contributed by atoms with Crippen LogP contribution >= 0.6 is 0 Å². The smallest absolute Gasteiger partial charge is 0.246 e. The molecule has 0 spiro atoms. The van der Waals surface area contributed by atoms with Crippen molar-refractivity contribution in [2.24, 2.45) is 11.8 Å². The number of carbonyl (C=O) groups excluding carboxylic acids is 1. The van der Waals surface area contributed by atoms with Gasteiger partial charge < -0.3 is 5.32 Å². The molecule has 0 bridgehead atoms. The third kappa shape index (κ3) is 3.11. The molecule has 2 nitrogen and oxygen atoms in total. The average molecular weight is 235 g/mol. The van der Waals surface area contributed by atoms with Gasteiger partial charge in [0.15, 0.2) is 0 Å². The highest BCUT2D eigenvalue weighted by atomic mass is 16.1. The maximum Gasteiger partial charge on any atom is 0.246 e. The van der Waals surface area contributed by atoms with E-state index in [1.54, 1.807) is 6.92 Å². The lowest BCUT2D eigenvalue weighted by Crippen LogP contribution is -2.44. The van der Waals surface area contributed by atoms with Crippen molar-refractivity contribution in [2.45, 2.75) is 64.3 Å². The maximum absolute atomic E-state index is 11.9. The van der Waals surface area contributed by atoms with Gasteiger partial charge in [-0.1, -0.05) is 32.3 Å². The maximum atomic E-state index is 11.9. The van der Waals surface area contributed by atoms with E-state index in [2.05, 4.69) is 11.9 Å². The van der Waals surface area contributed by atoms with Crippen molar-refractivity contribution in [1.29, 1.82) is 0 Å². The van der Waals surface area contributed by atoms with E-state index < -0.39 is 0 Å². The fourth-order valence-corrected chi connectivity index (χ4v) is 3.53. The number of hydrogen-bond donors (Lipinski definition) is 1. The lowest BCUT2D eigenvalue weighted by atomic mass is 9.85. The molecule has 1 N–H and O–H groups in total. The van der Waals surface area contributed by atoms with Crippen LogP contribution in [0.25, 0.3) is 0 Å². The van der Waals surface area contributed by atoms with E-state index in [-0.39, 0.29) is 5.91 Å². The van der Waals surface area contributed by atoms with Gasteiger partial charge in [0.1, 0.15) is 0 Å². The molecule has 0 aromatic heterocycles. The Hall–Kier alpha value is -0.790. The molecule has 0 aromatic carbocycles. The Bertz CT molecular complexity index is 269. The summed E-state index contributed by atoms with van der Waals surface area (Å²) in [5.74, 6) is 1.51. The molecule has 2 fully saturated rings. The van der Waals surface area contributed by atoms with Crippen molar-refractivity contribution in [3.63, 3.8) is 0 Å². The SMILES string of the molecule is C=C(C)C(=O)NC(C1CCCC1)C1CCCC1. The van der Waals surface area contributed by atoms with E-state index >= 15 is 0 Å². The molecule has 1 amide bonds. The largest absolute Gasteiger partial charge is 0.349 e. The van der Waals surface area contributed by atoms with Crippen LogP contribution < -0.4 is 5.32 Å². The molecule has 0 aliphatic heterocycles. The van der Waals surface area contributed by atoms with E-state index in [0.29, 0.717) is 11.6 Å². The van der Waals surface area contributed by atoms with Crippen LogP contribution in [0.5, 0.6) is 0 Å². The van der Waals surface area contributed by atoms with Crippen LogP contribution in [-0.2, 0) is 4.79 Å². The summed E-state index contributed by atoms with van der Waals surface area (Å²) >= 11 is 0. The molecule has 2 saturated carbocycles. The van der Waals surface area contributed by atoms with E-state index in [1.165, 1.54) is 51.4 Å². The van der Waals surface area contributed by atoms with Gasteiger partial charge in [-0.05, 0) is 44.4 Å². The average Bonchev–Trinajstić information content (AvgIpc) is 2.98. The molecule has 17 heavy (non-hydrogen) atoms. The monoisotopic (exact) mass is 235 g/mol. The van der Waals surface area contributed by atoms with Crippen molar-refractivity contribution in [1.82, 2.24) is 5.32 Å². The van der Waals surface area contributed by atoms with E-state index in [9.17, 15) is 4.79 Å². The molecule has 2 rings (SSSR count). The summed E-state index contributed by atoms with van der Waals surface area (Å²) in [4.78, 5) is 11.9. The van der Waals surface area contributed by atoms with Crippen LogP contribution in [0, 0.1) is 11.8 Å². The zero-order valence-corrected chi connectivity index (χ0v) is 11.0. The topological polar surface area (TPSA) is 29.1 Å². The number of nitrogens with one attached hydrogen (secondary N) is 1. The van der Waals surface area contributed by atoms with Crippen molar-refractivity contribution in [3.05, 3.63) is 12.2 Å². The minimum absolute atomic E-state index is 0.0637. The zero-order chi connectivity index (χ0) is 12.3. The van der Waals surface area contributed by atoms with Crippen molar-refractivity contribution >= 4 is 5.91 Å². The molecule has 2 aliphatic rings. The van der Waals surface area contributed by atoms with Crippen LogP contribution in [0.3, 0.4) is 0 Å². The Labute approximate surface area is 105 Å². The fourth-order valence-electron chi connectivity index (χ4n) is 3.53. The number of rotatable bonds is 4. The van der Waals surface area contributed by atoms with Gasteiger partial charge in [0.2, 0.25) is 5.91 Å². The van der Waals surface area contributed by atoms with Gasteiger partial charge in [0.25, 0.3) is 0 Å². The molecule has 0 saturated heterocycles. The molecular weight excluding hydrogens is 210 g/mol. The lowest BCUT2D eigenvalue weighted by Gasteiger charge is -2.30. The third-order valence-electron chi connectivity index (χ3n) is 4.50. The summed E-state index contributed by atoms with van der Waals surface area (Å²) in [5, 5.41) is 3.26. The van der Waals surface area contributed by atoms with Crippen LogP contribution in [-0.4, -0.2) is 11.9 Å². The van der Waals surface area contributed by atoms with Gasteiger partial charge in [-0.2, -0.15) is 0 Å². The van der Waals surface area contributed by atoms with Gasteiger partial charge in [0, 0.05) is 11.6 Å². The van der Waals surface area contributed by atoms with E-state index in [1.807, 2.05) is 0 Å². The molecule has 0 unspecified atom stereocenters. The molecule has 0 atom stereocenters. The molecule has 0 heterocycles. The normalized spacial score (nSPS) is 22.2. The highest BCUT2D eigenvalue weighted by molar-refractivity contribution is 5.92. The highest BCUT2D eigenvalue weighted by Crippen LogP contribution is 2.37. The zero-order valence-electron chi connectivity index (χ0n) is 11.0. The summed E-state index contributed by atoms with van der Waals surface area (Å²) in [6.07, 6.45) is 10.6. The minimum Gasteiger partial charge on any atom is -0.349 e. The van der Waals surface area contributed by atoms with Crippen LogP contribution in [0.1, 0.15) is 58.3 Å². The number of carbonyl (C=O) groups is 1. The summed E-state index contributed by atoms with van der Waals surface area (Å²) in [7, 11) is 0. The molecule has 96 valence electrons. The number of hydrogen-bond acceptors (Lipinski definition) is 1. The Balaban J connectivity index is 2.00. The summed E-state index contributed by atoms with van der Waals surface area (Å²) < 4.78 is 0. The van der Waals surface area contributed by atoms with Gasteiger partial charge in [-0.15, -0.1) is 0 Å². The Kier molecular flexibility index (Phi) is 4.25. The molecular formula is C15H25NO. The molecule has 2 heteroatoms. The first-order valence-corrected chi connectivity index (χ1v) is 7.15. The first-order valence-electron chi connectivity index (χ1n) is 7.15. The summed E-state index contributed by atoms with van der Waals surface area (Å²) in [5.41, 5.74) is 0.644. The van der Waals surface area contributed by atoms with Crippen molar-refractivity contribution in [3.8, 4) is 0 Å². The molecule has 0 radical (unpaired) electrons. The van der Waals surface area contributed by atoms with Gasteiger partial charge in [-0.25, -0.2) is 0 Å². The molecule has 2 aliphatic carbocycles. The third-order valence-corrected chi connectivity index (χ3v) is 4.50. The Morgan fingerprint density at radius 3 is 1.82 bits per heavy atom. The second-order valence-electron chi connectivity index (χ2n) is 5.87. The predicted molar refractivity (Wildman–Crippen MR) is 70.7 cm³/mol. The summed E-state index contributed by atoms with van der Waals surface area (Å²) in [6.45, 7) is 5.55. The van der Waals surface area contributed by atoms with Crippen molar-refractivity contribution < 1.29 is 4.79 Å². The first kappa shape index (κ1) is 12.7. The van der Waals surface area contributed by atoms with E-state index in [4.69, 9.17) is 0 Å². The molecule has 0 aromatic rings. The fraction of sp³-hybridized carbons (Fsp3) is 0.800. The first-order chi connectivity index (χ1) is 8.18. The standard InChI is InChI=1S/C15H25NO/c1-11(2)15(17)16-14(12-7-3-4-8-12)13-9-5-6-10-13/h12-14H,1,3-10H2,2H3,(H,16,17). The summed E-state index contributed by atoms with van der Waals surface area (Å²) in [6, 6.07) is 0.421.